The van der Waals surface area contributed by atoms with E-state index in [0.29, 0.717) is 16.9 Å². The van der Waals surface area contributed by atoms with Crippen LogP contribution in [0, 0.1) is 5.82 Å². The summed E-state index contributed by atoms with van der Waals surface area (Å²) in [5, 5.41) is 0. The maximum atomic E-state index is 13.1. The van der Waals surface area contributed by atoms with Crippen molar-refractivity contribution < 1.29 is 4.39 Å². The number of halogens is 1. The molecule has 0 aliphatic rings. The number of H-pyrrole nitrogens is 1. The molecule has 0 amide bonds. The normalized spacial score (nSPS) is 10.7. The van der Waals surface area contributed by atoms with Crippen LogP contribution in [-0.2, 0) is 0 Å². The minimum Gasteiger partial charge on any atom is -0.274 e. The van der Waals surface area contributed by atoms with Crippen molar-refractivity contribution >= 4 is 11.8 Å². The predicted molar refractivity (Wildman–Crippen MR) is 89.8 cm³/mol. The Balaban J connectivity index is 2.24. The van der Waals surface area contributed by atoms with Crippen LogP contribution in [-0.4, -0.2) is 15.8 Å². The molecule has 0 saturated heterocycles. The third-order valence-electron chi connectivity index (χ3n) is 3.41. The molecule has 3 rings (SSSR count). The van der Waals surface area contributed by atoms with Crippen LogP contribution in [0.4, 0.5) is 4.39 Å². The SMILES string of the molecule is CSc1ccc(-n2c(-c3ccc(F)cc3)cc(=O)[nH]c2=O)cc1. The lowest BCUT2D eigenvalue weighted by molar-refractivity contribution is 0.628. The second-order valence-corrected chi connectivity index (χ2v) is 5.74. The summed E-state index contributed by atoms with van der Waals surface area (Å²) >= 11 is 1.59. The molecule has 6 heteroatoms. The van der Waals surface area contributed by atoms with Gasteiger partial charge in [-0.3, -0.25) is 14.3 Å². The van der Waals surface area contributed by atoms with Crippen LogP contribution in [0.15, 0.2) is 69.1 Å². The number of hydrogen-bond donors (Lipinski definition) is 1. The number of rotatable bonds is 3. The van der Waals surface area contributed by atoms with Crippen molar-refractivity contribution in [2.24, 2.45) is 0 Å². The molecule has 0 aliphatic heterocycles. The quantitative estimate of drug-likeness (QED) is 0.752. The molecule has 0 radical (unpaired) electrons. The number of benzene rings is 2. The average molecular weight is 328 g/mol. The van der Waals surface area contributed by atoms with Crippen molar-refractivity contribution in [2.45, 2.75) is 4.90 Å². The van der Waals surface area contributed by atoms with Crippen LogP contribution >= 0.6 is 11.8 Å². The maximum Gasteiger partial charge on any atom is 0.333 e. The lowest BCUT2D eigenvalue weighted by Crippen LogP contribution is -2.29. The largest absolute Gasteiger partial charge is 0.333 e. The van der Waals surface area contributed by atoms with E-state index in [4.69, 9.17) is 0 Å². The van der Waals surface area contributed by atoms with Gasteiger partial charge in [0.1, 0.15) is 5.82 Å². The molecule has 116 valence electrons. The Morgan fingerprint density at radius 3 is 2.26 bits per heavy atom. The summed E-state index contributed by atoms with van der Waals surface area (Å²) in [6, 6.07) is 14.4. The first kappa shape index (κ1) is 15.3. The van der Waals surface area contributed by atoms with Gasteiger partial charge in [0, 0.05) is 11.0 Å². The van der Waals surface area contributed by atoms with Crippen molar-refractivity contribution in [1.29, 1.82) is 0 Å². The molecule has 1 aromatic heterocycles. The van der Waals surface area contributed by atoms with Gasteiger partial charge in [-0.15, -0.1) is 11.8 Å². The predicted octanol–water partition coefficient (Wildman–Crippen LogP) is 3.05. The first-order valence-electron chi connectivity index (χ1n) is 6.85. The third kappa shape index (κ3) is 3.12. The van der Waals surface area contributed by atoms with Gasteiger partial charge in [0.05, 0.1) is 11.4 Å². The molecule has 1 N–H and O–H groups in total. The fraction of sp³-hybridized carbons (Fsp3) is 0.0588. The van der Waals surface area contributed by atoms with E-state index in [1.807, 2.05) is 18.4 Å². The third-order valence-corrected chi connectivity index (χ3v) is 4.16. The molecule has 3 aromatic rings. The lowest BCUT2D eigenvalue weighted by atomic mass is 10.1. The number of nitrogens with one attached hydrogen (secondary N) is 1. The van der Waals surface area contributed by atoms with Gasteiger partial charge in [-0.1, -0.05) is 0 Å². The number of nitrogens with zero attached hydrogens (tertiary/aromatic N) is 1. The Labute approximate surface area is 135 Å². The summed E-state index contributed by atoms with van der Waals surface area (Å²) in [7, 11) is 0. The molecule has 0 saturated carbocycles. The highest BCUT2D eigenvalue weighted by atomic mass is 32.2. The van der Waals surface area contributed by atoms with Crippen LogP contribution in [0.3, 0.4) is 0 Å². The average Bonchev–Trinajstić information content (AvgIpc) is 2.55. The molecule has 0 bridgehead atoms. The molecular weight excluding hydrogens is 315 g/mol. The van der Waals surface area contributed by atoms with Gasteiger partial charge in [0.15, 0.2) is 0 Å². The Morgan fingerprint density at radius 2 is 1.65 bits per heavy atom. The summed E-state index contributed by atoms with van der Waals surface area (Å²) in [6.07, 6.45) is 1.96. The topological polar surface area (TPSA) is 54.9 Å². The van der Waals surface area contributed by atoms with E-state index in [1.165, 1.54) is 34.9 Å². The van der Waals surface area contributed by atoms with Crippen molar-refractivity contribution in [1.82, 2.24) is 9.55 Å². The molecule has 2 aromatic carbocycles. The summed E-state index contributed by atoms with van der Waals surface area (Å²) in [6.45, 7) is 0. The van der Waals surface area contributed by atoms with Gasteiger partial charge in [-0.05, 0) is 60.4 Å². The monoisotopic (exact) mass is 328 g/mol. The zero-order chi connectivity index (χ0) is 16.4. The van der Waals surface area contributed by atoms with E-state index in [1.54, 1.807) is 23.9 Å². The zero-order valence-corrected chi connectivity index (χ0v) is 13.1. The van der Waals surface area contributed by atoms with Crippen molar-refractivity contribution in [3.8, 4) is 16.9 Å². The fourth-order valence-electron chi connectivity index (χ4n) is 2.32. The summed E-state index contributed by atoms with van der Waals surface area (Å²) in [5.41, 5.74) is 0.600. The molecular formula is C17H13FN2O2S. The molecule has 1 heterocycles. The molecule has 0 unspecified atom stereocenters. The van der Waals surface area contributed by atoms with Crippen molar-refractivity contribution in [3.05, 3.63) is 81.3 Å². The van der Waals surface area contributed by atoms with Crippen LogP contribution in [0.1, 0.15) is 0 Å². The Hall–Kier alpha value is -2.60. The van der Waals surface area contributed by atoms with Crippen LogP contribution < -0.4 is 11.2 Å². The van der Waals surface area contributed by atoms with Gasteiger partial charge < -0.3 is 0 Å². The highest BCUT2D eigenvalue weighted by Crippen LogP contribution is 2.22. The zero-order valence-electron chi connectivity index (χ0n) is 12.2. The van der Waals surface area contributed by atoms with E-state index in [-0.39, 0.29) is 5.82 Å². The Kier molecular flexibility index (Phi) is 4.16. The molecule has 23 heavy (non-hydrogen) atoms. The number of aromatic amines is 1. The maximum absolute atomic E-state index is 13.1. The first-order chi connectivity index (χ1) is 11.1. The van der Waals surface area contributed by atoms with Gasteiger partial charge in [-0.2, -0.15) is 0 Å². The summed E-state index contributed by atoms with van der Waals surface area (Å²) in [5.74, 6) is -0.378. The first-order valence-corrected chi connectivity index (χ1v) is 8.08. The lowest BCUT2D eigenvalue weighted by Gasteiger charge is -2.12. The minimum absolute atomic E-state index is 0.378. The summed E-state index contributed by atoms with van der Waals surface area (Å²) in [4.78, 5) is 27.3. The van der Waals surface area contributed by atoms with Gasteiger partial charge in [0.2, 0.25) is 0 Å². The number of aromatic nitrogens is 2. The van der Waals surface area contributed by atoms with E-state index < -0.39 is 11.2 Å². The molecule has 0 atom stereocenters. The van der Waals surface area contributed by atoms with E-state index in [0.717, 1.165) is 4.90 Å². The van der Waals surface area contributed by atoms with Crippen molar-refractivity contribution in [3.63, 3.8) is 0 Å². The van der Waals surface area contributed by atoms with Crippen LogP contribution in [0.5, 0.6) is 0 Å². The second kappa shape index (κ2) is 6.26. The Bertz CT molecular complexity index is 944. The minimum atomic E-state index is -0.534. The number of thioether (sulfide) groups is 1. The second-order valence-electron chi connectivity index (χ2n) is 4.86. The molecule has 0 aliphatic carbocycles. The van der Waals surface area contributed by atoms with Gasteiger partial charge >= 0.3 is 5.69 Å². The molecule has 4 nitrogen and oxygen atoms in total. The van der Waals surface area contributed by atoms with Gasteiger partial charge in [0.25, 0.3) is 5.56 Å². The standard InChI is InChI=1S/C17H13FN2O2S/c1-23-14-8-6-13(7-9-14)20-15(10-16(21)19-17(20)22)11-2-4-12(18)5-3-11/h2-10H,1H3,(H,19,21,22). The smallest absolute Gasteiger partial charge is 0.274 e. The summed E-state index contributed by atoms with van der Waals surface area (Å²) < 4.78 is 14.5. The van der Waals surface area contributed by atoms with Crippen molar-refractivity contribution in [2.75, 3.05) is 6.26 Å². The van der Waals surface area contributed by atoms with Gasteiger partial charge in [-0.25, -0.2) is 9.18 Å². The van der Waals surface area contributed by atoms with E-state index >= 15 is 0 Å². The molecule has 0 fully saturated rings. The highest BCUT2D eigenvalue weighted by molar-refractivity contribution is 7.98. The van der Waals surface area contributed by atoms with Crippen LogP contribution in [0.25, 0.3) is 16.9 Å². The van der Waals surface area contributed by atoms with E-state index in [2.05, 4.69) is 4.98 Å². The van der Waals surface area contributed by atoms with Crippen LogP contribution in [0.2, 0.25) is 0 Å². The fourth-order valence-corrected chi connectivity index (χ4v) is 2.72. The highest BCUT2D eigenvalue weighted by Gasteiger charge is 2.10. The number of hydrogen-bond acceptors (Lipinski definition) is 3. The molecule has 0 spiro atoms. The Morgan fingerprint density at radius 1 is 1.00 bits per heavy atom. The van der Waals surface area contributed by atoms with E-state index in [9.17, 15) is 14.0 Å².